The standard InChI is InChI=1S/C25H21N5O4/c1-16-8-10-18(11-9-16)28-22(21(31)17-6-4-3-5-7-17)26-34-20-13-12-19-14-15-25(20,28)30-24(33)27(2)23(32)29(19)30/h3-15,19-20H,1-2H3/t19-,20+,25-/m0/s1. The number of allylic oxidation sites excluding steroid dienone is 2. The Balaban J connectivity index is 1.67. The largest absolute Gasteiger partial charge is 0.381 e. The van der Waals surface area contributed by atoms with Gasteiger partial charge in [-0.2, -0.15) is 4.68 Å². The van der Waals surface area contributed by atoms with Crippen LogP contribution in [0.5, 0.6) is 0 Å². The number of amidine groups is 1. The van der Waals surface area contributed by atoms with Crippen molar-refractivity contribution >= 4 is 17.3 Å². The molecule has 0 saturated carbocycles. The normalized spacial score (nSPS) is 24.2. The lowest BCUT2D eigenvalue weighted by molar-refractivity contribution is -0.00158. The van der Waals surface area contributed by atoms with Crippen LogP contribution in [0.1, 0.15) is 22.0 Å². The molecule has 1 spiro atoms. The maximum absolute atomic E-state index is 13.7. The Hall–Kier alpha value is -4.40. The van der Waals surface area contributed by atoms with Gasteiger partial charge in [-0.1, -0.05) is 65.3 Å². The van der Waals surface area contributed by atoms with Crippen molar-refractivity contribution in [2.75, 3.05) is 4.90 Å². The summed E-state index contributed by atoms with van der Waals surface area (Å²) in [4.78, 5) is 47.8. The van der Waals surface area contributed by atoms with Gasteiger partial charge in [0.05, 0.1) is 6.04 Å². The molecule has 0 saturated heterocycles. The quantitative estimate of drug-likeness (QED) is 0.446. The van der Waals surface area contributed by atoms with Gasteiger partial charge in [-0.25, -0.2) is 18.8 Å². The summed E-state index contributed by atoms with van der Waals surface area (Å²) in [5, 5.41) is 4.25. The molecule has 0 amide bonds. The first-order valence-electron chi connectivity index (χ1n) is 10.9. The Labute approximate surface area is 194 Å². The molecular weight excluding hydrogens is 434 g/mol. The van der Waals surface area contributed by atoms with Gasteiger partial charge in [-0.3, -0.25) is 9.69 Å². The number of aromatic nitrogens is 3. The van der Waals surface area contributed by atoms with Crippen LogP contribution in [-0.2, 0) is 17.5 Å². The van der Waals surface area contributed by atoms with E-state index in [2.05, 4.69) is 5.16 Å². The number of aryl methyl sites for hydroxylation is 1. The average molecular weight is 455 g/mol. The molecule has 1 aliphatic carbocycles. The van der Waals surface area contributed by atoms with Crippen molar-refractivity contribution in [3.05, 3.63) is 111 Å². The molecule has 4 aliphatic rings. The minimum Gasteiger partial charge on any atom is -0.381 e. The van der Waals surface area contributed by atoms with Gasteiger partial charge in [0.2, 0.25) is 17.3 Å². The number of benzene rings is 2. The molecule has 9 heteroatoms. The van der Waals surface area contributed by atoms with Gasteiger partial charge >= 0.3 is 11.4 Å². The number of hydrogen-bond donors (Lipinski definition) is 0. The summed E-state index contributed by atoms with van der Waals surface area (Å²) in [5.74, 6) is -0.352. The van der Waals surface area contributed by atoms with Crippen LogP contribution in [0.2, 0.25) is 0 Å². The second kappa shape index (κ2) is 7.05. The lowest BCUT2D eigenvalue weighted by Gasteiger charge is -2.48. The lowest BCUT2D eigenvalue weighted by atomic mass is 9.95. The van der Waals surface area contributed by atoms with E-state index in [9.17, 15) is 14.4 Å². The van der Waals surface area contributed by atoms with Crippen molar-refractivity contribution < 1.29 is 9.63 Å². The number of carbonyl (C=O) groups excluding carboxylic acids is 1. The van der Waals surface area contributed by atoms with E-state index in [0.717, 1.165) is 10.1 Å². The lowest BCUT2D eigenvalue weighted by Crippen LogP contribution is -2.67. The van der Waals surface area contributed by atoms with E-state index < -0.39 is 29.2 Å². The van der Waals surface area contributed by atoms with Crippen LogP contribution in [0, 0.1) is 6.92 Å². The molecule has 1 aromatic heterocycles. The monoisotopic (exact) mass is 455 g/mol. The topological polar surface area (TPSA) is 90.8 Å². The SMILES string of the molecule is Cc1ccc(N2C(C(=O)c3ccccc3)=NO[C@@H]3C=C[C@H]4C=C[C@]32n2c(=O)n(C)c(=O)n24)cc1. The molecule has 0 N–H and O–H groups in total. The molecule has 4 heterocycles. The van der Waals surface area contributed by atoms with E-state index in [1.54, 1.807) is 41.3 Å². The maximum atomic E-state index is 13.7. The van der Waals surface area contributed by atoms with Crippen molar-refractivity contribution in [1.29, 1.82) is 0 Å². The zero-order valence-electron chi connectivity index (χ0n) is 18.5. The molecular formula is C25H21N5O4. The highest BCUT2D eigenvalue weighted by Crippen LogP contribution is 2.43. The third-order valence-electron chi connectivity index (χ3n) is 6.58. The number of carbonyl (C=O) groups is 1. The summed E-state index contributed by atoms with van der Waals surface area (Å²) >= 11 is 0. The highest BCUT2D eigenvalue weighted by atomic mass is 16.6. The number of Topliss-reactive ketones (excluding diaryl/α,β-unsaturated/α-hetero) is 1. The van der Waals surface area contributed by atoms with Gasteiger partial charge in [-0.05, 0) is 31.2 Å². The third kappa shape index (κ3) is 2.54. The van der Waals surface area contributed by atoms with Gasteiger partial charge < -0.3 is 4.84 Å². The Bertz CT molecular complexity index is 1520. The number of anilines is 1. The van der Waals surface area contributed by atoms with Gasteiger partial charge in [0, 0.05) is 18.3 Å². The molecule has 34 heavy (non-hydrogen) atoms. The molecule has 0 radical (unpaired) electrons. The predicted molar refractivity (Wildman–Crippen MR) is 126 cm³/mol. The Morgan fingerprint density at radius 2 is 1.71 bits per heavy atom. The van der Waals surface area contributed by atoms with E-state index in [4.69, 9.17) is 4.84 Å². The van der Waals surface area contributed by atoms with Gasteiger partial charge in [0.25, 0.3) is 0 Å². The zero-order chi connectivity index (χ0) is 23.6. The highest BCUT2D eigenvalue weighted by Gasteiger charge is 2.57. The number of nitrogens with zero attached hydrogens (tertiary/aromatic N) is 5. The van der Waals surface area contributed by atoms with Crippen molar-refractivity contribution in [1.82, 2.24) is 13.9 Å². The van der Waals surface area contributed by atoms with Crippen molar-refractivity contribution in [2.45, 2.75) is 24.7 Å². The van der Waals surface area contributed by atoms with E-state index in [0.29, 0.717) is 11.3 Å². The van der Waals surface area contributed by atoms with Crippen LogP contribution in [0.25, 0.3) is 0 Å². The fraction of sp³-hybridized carbons (Fsp3) is 0.200. The highest BCUT2D eigenvalue weighted by molar-refractivity contribution is 6.49. The van der Waals surface area contributed by atoms with E-state index in [1.165, 1.54) is 16.4 Å². The summed E-state index contributed by atoms with van der Waals surface area (Å²) < 4.78 is 3.85. The molecule has 170 valence electrons. The van der Waals surface area contributed by atoms with E-state index in [-0.39, 0.29) is 11.6 Å². The number of oxime groups is 1. The molecule has 3 aliphatic heterocycles. The van der Waals surface area contributed by atoms with Gasteiger partial charge in [0.15, 0.2) is 6.10 Å². The molecule has 2 aromatic carbocycles. The third-order valence-corrected chi connectivity index (χ3v) is 6.58. The molecule has 2 bridgehead atoms. The first kappa shape index (κ1) is 20.2. The molecule has 7 rings (SSSR count). The Morgan fingerprint density at radius 3 is 2.44 bits per heavy atom. The van der Waals surface area contributed by atoms with Gasteiger partial charge in [-0.15, -0.1) is 0 Å². The average Bonchev–Trinajstić information content (AvgIpc) is 3.02. The van der Waals surface area contributed by atoms with Crippen LogP contribution in [-0.4, -0.2) is 31.7 Å². The number of hydrogen-bond acceptors (Lipinski definition) is 6. The smallest absolute Gasteiger partial charge is 0.349 e. The zero-order valence-corrected chi connectivity index (χ0v) is 18.5. The first-order chi connectivity index (χ1) is 16.4. The molecule has 0 fully saturated rings. The van der Waals surface area contributed by atoms with Crippen molar-refractivity contribution in [2.24, 2.45) is 12.2 Å². The molecule has 9 nitrogen and oxygen atoms in total. The summed E-state index contributed by atoms with van der Waals surface area (Å²) in [6.45, 7) is 1.97. The molecule has 0 unspecified atom stereocenters. The fourth-order valence-corrected chi connectivity index (χ4v) is 4.86. The second-order valence-corrected chi connectivity index (χ2v) is 8.61. The summed E-state index contributed by atoms with van der Waals surface area (Å²) in [7, 11) is 1.44. The van der Waals surface area contributed by atoms with Gasteiger partial charge in [0.1, 0.15) is 0 Å². The van der Waals surface area contributed by atoms with Crippen LogP contribution in [0.3, 0.4) is 0 Å². The number of rotatable bonds is 3. The summed E-state index contributed by atoms with van der Waals surface area (Å²) in [6.07, 6.45) is 6.50. The van der Waals surface area contributed by atoms with Crippen molar-refractivity contribution in [3.63, 3.8) is 0 Å². The Kier molecular flexibility index (Phi) is 4.19. The summed E-state index contributed by atoms with van der Waals surface area (Å²) in [6, 6.07) is 15.9. The maximum Gasteiger partial charge on any atom is 0.349 e. The number of ketones is 1. The van der Waals surface area contributed by atoms with Crippen molar-refractivity contribution in [3.8, 4) is 0 Å². The fourth-order valence-electron chi connectivity index (χ4n) is 4.86. The minimum absolute atomic E-state index is 0.0134. The van der Waals surface area contributed by atoms with Crippen LogP contribution in [0.4, 0.5) is 5.69 Å². The van der Waals surface area contributed by atoms with Crippen LogP contribution in [0.15, 0.2) is 93.6 Å². The van der Waals surface area contributed by atoms with E-state index in [1.807, 2.05) is 49.4 Å². The summed E-state index contributed by atoms with van der Waals surface area (Å²) in [5.41, 5.74) is -0.231. The molecule has 3 aromatic rings. The molecule has 3 atom stereocenters. The van der Waals surface area contributed by atoms with E-state index >= 15 is 0 Å². The second-order valence-electron chi connectivity index (χ2n) is 8.61. The minimum atomic E-state index is -1.36. The van der Waals surface area contributed by atoms with Crippen LogP contribution < -0.4 is 16.3 Å². The predicted octanol–water partition coefficient (Wildman–Crippen LogP) is 2.09. The Morgan fingerprint density at radius 1 is 0.971 bits per heavy atom. The van der Waals surface area contributed by atoms with Crippen LogP contribution >= 0.6 is 0 Å². The first-order valence-corrected chi connectivity index (χ1v) is 10.9.